The molecule has 0 radical (unpaired) electrons. The van der Waals surface area contributed by atoms with Gasteiger partial charge in [0.1, 0.15) is 0 Å². The Kier molecular flexibility index (Phi) is 4.11. The van der Waals surface area contributed by atoms with Crippen LogP contribution >= 0.6 is 0 Å². The lowest BCUT2D eigenvalue weighted by Gasteiger charge is -2.25. The predicted molar refractivity (Wildman–Crippen MR) is 94.3 cm³/mol. The third-order valence-corrected chi connectivity index (χ3v) is 7.38. The molecule has 10 nitrogen and oxygen atoms in total. The van der Waals surface area contributed by atoms with Gasteiger partial charge >= 0.3 is 0 Å². The Morgan fingerprint density at radius 2 is 2.15 bits per heavy atom. The van der Waals surface area contributed by atoms with Crippen LogP contribution in [0.1, 0.15) is 29.3 Å². The first-order valence-electron chi connectivity index (χ1n) is 8.82. The number of likely N-dealkylation sites (tertiary alicyclic amines) is 1. The second-order valence-electron chi connectivity index (χ2n) is 7.24. The van der Waals surface area contributed by atoms with Crippen molar-refractivity contribution in [2.24, 2.45) is 13.0 Å². The first-order chi connectivity index (χ1) is 12.8. The maximum absolute atomic E-state index is 12.9. The molecule has 1 amide bonds. The van der Waals surface area contributed by atoms with Crippen LogP contribution in [0, 0.1) is 12.8 Å². The first kappa shape index (κ1) is 18.1. The number of rotatable bonds is 4. The minimum absolute atomic E-state index is 0.0363. The van der Waals surface area contributed by atoms with Crippen LogP contribution in [0.15, 0.2) is 16.9 Å². The van der Waals surface area contributed by atoms with Gasteiger partial charge in [-0.05, 0) is 13.8 Å². The van der Waals surface area contributed by atoms with Gasteiger partial charge in [-0.15, -0.1) is 0 Å². The van der Waals surface area contributed by atoms with Gasteiger partial charge < -0.3 is 14.0 Å². The smallest absolute Gasteiger partial charge is 0.289 e. The second-order valence-corrected chi connectivity index (χ2v) is 9.50. The van der Waals surface area contributed by atoms with Crippen molar-refractivity contribution in [3.05, 3.63) is 29.9 Å². The van der Waals surface area contributed by atoms with Crippen LogP contribution < -0.4 is 0 Å². The van der Waals surface area contributed by atoms with Gasteiger partial charge in [0.2, 0.25) is 15.9 Å². The van der Waals surface area contributed by atoms with E-state index >= 15 is 0 Å². The van der Waals surface area contributed by atoms with E-state index < -0.39 is 15.4 Å². The van der Waals surface area contributed by atoms with Crippen molar-refractivity contribution in [3.8, 4) is 0 Å². The van der Waals surface area contributed by atoms with Gasteiger partial charge in [0, 0.05) is 51.5 Å². The van der Waals surface area contributed by atoms with E-state index in [1.807, 2.05) is 0 Å². The zero-order chi connectivity index (χ0) is 19.4. The van der Waals surface area contributed by atoms with Crippen LogP contribution in [-0.2, 0) is 22.5 Å². The highest BCUT2D eigenvalue weighted by atomic mass is 32.2. The van der Waals surface area contributed by atoms with E-state index in [4.69, 9.17) is 4.52 Å². The lowest BCUT2D eigenvalue weighted by molar-refractivity contribution is 0.0757. The Morgan fingerprint density at radius 3 is 2.74 bits per heavy atom. The predicted octanol–water partition coefficient (Wildman–Crippen LogP) is -0.213. The van der Waals surface area contributed by atoms with Gasteiger partial charge in [0.05, 0.1) is 11.2 Å². The molecule has 2 aromatic rings. The number of hydrogen-bond acceptors (Lipinski definition) is 7. The average Bonchev–Trinajstić information content (AvgIpc) is 3.36. The minimum atomic E-state index is -3.34. The van der Waals surface area contributed by atoms with Gasteiger partial charge in [-0.2, -0.15) is 4.98 Å². The Morgan fingerprint density at radius 1 is 1.37 bits per heavy atom. The summed E-state index contributed by atoms with van der Waals surface area (Å²) < 4.78 is 33.5. The molecule has 27 heavy (non-hydrogen) atoms. The molecular formula is C16H22N6O4S. The molecule has 2 fully saturated rings. The van der Waals surface area contributed by atoms with E-state index in [0.717, 1.165) is 0 Å². The molecule has 0 saturated carbocycles. The molecular weight excluding hydrogens is 372 g/mol. The Bertz CT molecular complexity index is 983. The summed E-state index contributed by atoms with van der Waals surface area (Å²) in [6.45, 7) is 4.66. The summed E-state index contributed by atoms with van der Waals surface area (Å²) in [5.41, 5.74) is -0.690. The normalized spacial score (nSPS) is 25.9. The summed E-state index contributed by atoms with van der Waals surface area (Å²) in [4.78, 5) is 23.1. The number of carbonyl (C=O) groups is 1. The number of imidazole rings is 1. The monoisotopic (exact) mass is 394 g/mol. The van der Waals surface area contributed by atoms with Crippen molar-refractivity contribution in [1.29, 1.82) is 0 Å². The molecule has 0 N–H and O–H groups in total. The van der Waals surface area contributed by atoms with Crippen LogP contribution in [-0.4, -0.2) is 75.2 Å². The number of sulfonamides is 1. The van der Waals surface area contributed by atoms with Crippen molar-refractivity contribution in [3.63, 3.8) is 0 Å². The van der Waals surface area contributed by atoms with Crippen LogP contribution in [0.2, 0.25) is 0 Å². The van der Waals surface area contributed by atoms with Gasteiger partial charge in [0.25, 0.3) is 5.91 Å². The molecule has 2 aliphatic rings. The number of nitrogens with zero attached hydrogens (tertiary/aromatic N) is 6. The van der Waals surface area contributed by atoms with Crippen molar-refractivity contribution >= 4 is 15.9 Å². The van der Waals surface area contributed by atoms with Gasteiger partial charge in [-0.25, -0.2) is 17.7 Å². The molecule has 4 heterocycles. The van der Waals surface area contributed by atoms with Gasteiger partial charge in [-0.1, -0.05) is 5.16 Å². The third-order valence-electron chi connectivity index (χ3n) is 5.59. The van der Waals surface area contributed by atoms with E-state index in [1.54, 1.807) is 42.8 Å². The van der Waals surface area contributed by atoms with E-state index in [9.17, 15) is 13.2 Å². The molecule has 2 saturated heterocycles. The topological polar surface area (TPSA) is 114 Å². The highest BCUT2D eigenvalue weighted by Crippen LogP contribution is 2.45. The number of carbonyl (C=O) groups excluding carboxylic acids is 1. The molecule has 11 heteroatoms. The van der Waals surface area contributed by atoms with Crippen molar-refractivity contribution in [2.45, 2.75) is 19.3 Å². The van der Waals surface area contributed by atoms with Crippen LogP contribution in [0.3, 0.4) is 0 Å². The summed E-state index contributed by atoms with van der Waals surface area (Å²) in [5, 5.41) is 3.88. The molecule has 0 aliphatic carbocycles. The maximum Gasteiger partial charge on any atom is 0.289 e. The van der Waals surface area contributed by atoms with E-state index in [-0.39, 0.29) is 24.1 Å². The molecule has 2 atom stereocenters. The number of aryl methyl sites for hydroxylation is 2. The first-order valence-corrected chi connectivity index (χ1v) is 10.4. The number of amides is 1. The summed E-state index contributed by atoms with van der Waals surface area (Å²) in [7, 11) is -1.58. The molecule has 4 rings (SSSR count). The lowest BCUT2D eigenvalue weighted by atomic mass is 9.81. The quantitative estimate of drug-likeness (QED) is 0.704. The summed E-state index contributed by atoms with van der Waals surface area (Å²) in [5.74, 6) is 0.983. The Balaban J connectivity index is 1.69. The fourth-order valence-electron chi connectivity index (χ4n) is 4.08. The SMILES string of the molecule is CCS(=O)(=O)N1C[C@@H]2CN(C(=O)c3nccn3C)C[C@]2(c2nc(C)no2)C1. The number of hydrogen-bond donors (Lipinski definition) is 0. The fraction of sp³-hybridized carbons (Fsp3) is 0.625. The Labute approximate surface area is 157 Å². The van der Waals surface area contributed by atoms with Gasteiger partial charge in [-0.3, -0.25) is 4.79 Å². The molecule has 146 valence electrons. The summed E-state index contributed by atoms with van der Waals surface area (Å²) in [6, 6.07) is 0. The van der Waals surface area contributed by atoms with Crippen molar-refractivity contribution < 1.29 is 17.7 Å². The molecule has 0 spiro atoms. The largest absolute Gasteiger partial charge is 0.339 e. The van der Waals surface area contributed by atoms with Crippen LogP contribution in [0.5, 0.6) is 0 Å². The standard InChI is InChI=1S/C16H22N6O4S/c1-4-27(24,25)22-8-12-7-21(14(23)13-17-5-6-20(13)3)9-16(12,10-22)15-18-11(2)19-26-15/h5-6,12H,4,7-10H2,1-3H3/t12-,16-/m0/s1. The fourth-order valence-corrected chi connectivity index (χ4v) is 5.28. The summed E-state index contributed by atoms with van der Waals surface area (Å²) >= 11 is 0. The molecule has 2 aromatic heterocycles. The molecule has 0 aromatic carbocycles. The van der Waals surface area contributed by atoms with Crippen molar-refractivity contribution in [1.82, 2.24) is 28.9 Å². The maximum atomic E-state index is 12.9. The van der Waals surface area contributed by atoms with Crippen molar-refractivity contribution in [2.75, 3.05) is 31.9 Å². The highest BCUT2D eigenvalue weighted by molar-refractivity contribution is 7.89. The van der Waals surface area contributed by atoms with Crippen LogP contribution in [0.25, 0.3) is 0 Å². The molecule has 0 unspecified atom stereocenters. The second kappa shape index (κ2) is 6.13. The van der Waals surface area contributed by atoms with Crippen LogP contribution in [0.4, 0.5) is 0 Å². The minimum Gasteiger partial charge on any atom is -0.339 e. The number of aromatic nitrogens is 4. The lowest BCUT2D eigenvalue weighted by Crippen LogP contribution is -2.42. The Hall–Kier alpha value is -2.27. The zero-order valence-electron chi connectivity index (χ0n) is 15.5. The highest BCUT2D eigenvalue weighted by Gasteiger charge is 2.59. The average molecular weight is 394 g/mol. The number of fused-ring (bicyclic) bond motifs is 1. The third kappa shape index (κ3) is 2.76. The van der Waals surface area contributed by atoms with E-state index in [0.29, 0.717) is 37.2 Å². The van der Waals surface area contributed by atoms with Gasteiger partial charge in [0.15, 0.2) is 11.6 Å². The summed E-state index contributed by atoms with van der Waals surface area (Å²) in [6.07, 6.45) is 3.30. The molecule has 0 bridgehead atoms. The van der Waals surface area contributed by atoms with E-state index in [2.05, 4.69) is 15.1 Å². The zero-order valence-corrected chi connectivity index (χ0v) is 16.3. The van der Waals surface area contributed by atoms with E-state index in [1.165, 1.54) is 4.31 Å². The molecule has 2 aliphatic heterocycles.